The Balaban J connectivity index is 1.25. The highest BCUT2D eigenvalue weighted by Gasteiger charge is 2.27. The zero-order valence-corrected chi connectivity index (χ0v) is 23.9. The summed E-state index contributed by atoms with van der Waals surface area (Å²) in [5.41, 5.74) is 2.47. The number of anilines is 1. The Morgan fingerprint density at radius 3 is 2.27 bits per heavy atom. The van der Waals surface area contributed by atoms with Gasteiger partial charge in [-0.3, -0.25) is 19.8 Å². The maximum atomic E-state index is 12.6. The number of para-hydroxylation sites is 1. The molecule has 1 saturated heterocycles. The maximum Gasteiger partial charge on any atom is 0.289 e. The van der Waals surface area contributed by atoms with Crippen LogP contribution < -0.4 is 14.4 Å². The molecule has 1 amide bonds. The van der Waals surface area contributed by atoms with E-state index in [-0.39, 0.29) is 5.56 Å². The molecular weight excluding hydrogens is 556 g/mol. The number of sulfonamides is 1. The van der Waals surface area contributed by atoms with Crippen molar-refractivity contribution in [3.05, 3.63) is 92.5 Å². The predicted molar refractivity (Wildman–Crippen MR) is 154 cm³/mol. The molecule has 12 heteroatoms. The van der Waals surface area contributed by atoms with Crippen LogP contribution in [-0.4, -0.2) is 63.5 Å². The van der Waals surface area contributed by atoms with E-state index in [1.54, 1.807) is 24.3 Å². The van der Waals surface area contributed by atoms with E-state index in [4.69, 9.17) is 16.3 Å². The molecule has 0 spiro atoms. The van der Waals surface area contributed by atoms with Gasteiger partial charge in [-0.15, -0.1) is 0 Å². The summed E-state index contributed by atoms with van der Waals surface area (Å²) in [6.07, 6.45) is 0.902. The number of nitrogens with one attached hydrogen (secondary N) is 1. The van der Waals surface area contributed by atoms with Crippen molar-refractivity contribution in [2.75, 3.05) is 44.2 Å². The lowest BCUT2D eigenvalue weighted by molar-refractivity contribution is -0.387. The third-order valence-corrected chi connectivity index (χ3v) is 8.72. The number of piperazine rings is 1. The van der Waals surface area contributed by atoms with E-state index in [1.165, 1.54) is 12.1 Å². The number of aryl methyl sites for hydroxylation is 2. The van der Waals surface area contributed by atoms with Crippen molar-refractivity contribution < 1.29 is 22.9 Å². The second kappa shape index (κ2) is 12.7. The Labute approximate surface area is 238 Å². The summed E-state index contributed by atoms with van der Waals surface area (Å²) < 4.78 is 33.1. The monoisotopic (exact) mass is 586 g/mol. The molecule has 10 nitrogen and oxygen atoms in total. The number of nitro benzene ring substituents is 1. The van der Waals surface area contributed by atoms with E-state index in [2.05, 4.69) is 9.80 Å². The fourth-order valence-electron chi connectivity index (χ4n) is 4.59. The molecule has 212 valence electrons. The zero-order valence-electron chi connectivity index (χ0n) is 22.3. The summed E-state index contributed by atoms with van der Waals surface area (Å²) in [5, 5.41) is 12.0. The first kappa shape index (κ1) is 29.3. The van der Waals surface area contributed by atoms with Gasteiger partial charge in [0.15, 0.2) is 4.90 Å². The number of nitro groups is 1. The van der Waals surface area contributed by atoms with Crippen LogP contribution in [0, 0.1) is 24.0 Å². The van der Waals surface area contributed by atoms with E-state index in [9.17, 15) is 23.3 Å². The van der Waals surface area contributed by atoms with Crippen LogP contribution >= 0.6 is 11.6 Å². The molecule has 1 N–H and O–H groups in total. The van der Waals surface area contributed by atoms with Crippen LogP contribution in [0.1, 0.15) is 27.9 Å². The minimum atomic E-state index is -4.42. The molecule has 1 fully saturated rings. The Kier molecular flexibility index (Phi) is 9.28. The quantitative estimate of drug-likeness (QED) is 0.208. The van der Waals surface area contributed by atoms with E-state index >= 15 is 0 Å². The van der Waals surface area contributed by atoms with Crippen molar-refractivity contribution in [2.24, 2.45) is 0 Å². The van der Waals surface area contributed by atoms with Gasteiger partial charge >= 0.3 is 0 Å². The van der Waals surface area contributed by atoms with Crippen LogP contribution in [0.3, 0.4) is 0 Å². The second-order valence-corrected chi connectivity index (χ2v) is 11.6. The highest BCUT2D eigenvalue weighted by atomic mass is 35.5. The number of carbonyl (C=O) groups is 1. The molecule has 0 bridgehead atoms. The zero-order chi connectivity index (χ0) is 28.9. The number of halogens is 1. The number of benzene rings is 3. The number of hydrogen-bond donors (Lipinski definition) is 1. The van der Waals surface area contributed by atoms with E-state index in [0.29, 0.717) is 6.61 Å². The van der Waals surface area contributed by atoms with Crippen molar-refractivity contribution in [1.29, 1.82) is 0 Å². The van der Waals surface area contributed by atoms with Gasteiger partial charge in [-0.1, -0.05) is 23.7 Å². The van der Waals surface area contributed by atoms with Gasteiger partial charge < -0.3 is 9.64 Å². The lowest BCUT2D eigenvalue weighted by Crippen LogP contribution is -2.46. The standard InChI is InChI=1S/C28H31ClN4O6S/c1-20-18-24(19-21(2)27(20)29)39-17-5-12-31-13-15-32(16-14-31)23-10-8-22(9-11-23)28(34)30-40(37,38)26-7-4-3-6-25(26)33(35)36/h3-4,6-11,18-19H,5,12-17H2,1-2H3,(H,30,34). The predicted octanol–water partition coefficient (Wildman–Crippen LogP) is 4.57. The maximum absolute atomic E-state index is 12.6. The molecule has 40 heavy (non-hydrogen) atoms. The summed E-state index contributed by atoms with van der Waals surface area (Å²) in [6, 6.07) is 15.4. The number of hydrogen-bond acceptors (Lipinski definition) is 8. The Bertz CT molecular complexity index is 1470. The van der Waals surface area contributed by atoms with Crippen LogP contribution in [0.25, 0.3) is 0 Å². The Hall–Kier alpha value is -3.67. The van der Waals surface area contributed by atoms with Crippen LogP contribution in [-0.2, 0) is 10.0 Å². The Morgan fingerprint density at radius 1 is 1.02 bits per heavy atom. The van der Waals surface area contributed by atoms with Crippen molar-refractivity contribution in [3.63, 3.8) is 0 Å². The molecule has 0 aromatic heterocycles. The molecule has 3 aromatic rings. The average Bonchev–Trinajstić information content (AvgIpc) is 2.94. The summed E-state index contributed by atoms with van der Waals surface area (Å²) in [7, 11) is -4.42. The molecule has 3 aromatic carbocycles. The summed E-state index contributed by atoms with van der Waals surface area (Å²) in [5.74, 6) is -0.0269. The van der Waals surface area contributed by atoms with Gasteiger partial charge in [-0.2, -0.15) is 0 Å². The van der Waals surface area contributed by atoms with Crippen molar-refractivity contribution in [1.82, 2.24) is 9.62 Å². The third-order valence-electron chi connectivity index (χ3n) is 6.74. The highest BCUT2D eigenvalue weighted by molar-refractivity contribution is 7.90. The van der Waals surface area contributed by atoms with Crippen LogP contribution in [0.2, 0.25) is 5.02 Å². The van der Waals surface area contributed by atoms with Crippen molar-refractivity contribution in [2.45, 2.75) is 25.2 Å². The first-order valence-electron chi connectivity index (χ1n) is 12.8. The molecule has 0 atom stereocenters. The number of carbonyl (C=O) groups excluding carboxylic acids is 1. The number of nitrogens with zero attached hydrogens (tertiary/aromatic N) is 3. The van der Waals surface area contributed by atoms with E-state index in [0.717, 1.165) is 78.9 Å². The van der Waals surface area contributed by atoms with Crippen molar-refractivity contribution >= 4 is 38.9 Å². The lowest BCUT2D eigenvalue weighted by atomic mass is 10.1. The van der Waals surface area contributed by atoms with Gasteiger partial charge in [0.1, 0.15) is 5.75 Å². The molecular formula is C28H31ClN4O6S. The smallest absolute Gasteiger partial charge is 0.289 e. The SMILES string of the molecule is Cc1cc(OCCCN2CCN(c3ccc(C(=O)NS(=O)(=O)c4ccccc4[N+](=O)[O-])cc3)CC2)cc(C)c1Cl. The van der Waals surface area contributed by atoms with Gasteiger partial charge in [-0.05, 0) is 73.9 Å². The van der Waals surface area contributed by atoms with Gasteiger partial charge in [0.2, 0.25) is 0 Å². The Morgan fingerprint density at radius 2 is 1.65 bits per heavy atom. The number of rotatable bonds is 10. The van der Waals surface area contributed by atoms with Crippen LogP contribution in [0.4, 0.5) is 11.4 Å². The molecule has 4 rings (SSSR count). The fraction of sp³-hybridized carbons (Fsp3) is 0.321. The van der Waals surface area contributed by atoms with E-state index in [1.807, 2.05) is 30.7 Å². The molecule has 0 saturated carbocycles. The first-order valence-corrected chi connectivity index (χ1v) is 14.7. The van der Waals surface area contributed by atoms with Crippen LogP contribution in [0.5, 0.6) is 5.75 Å². The topological polar surface area (TPSA) is 122 Å². The number of ether oxygens (including phenoxy) is 1. The third kappa shape index (κ3) is 7.09. The van der Waals surface area contributed by atoms with Gasteiger partial charge in [0, 0.05) is 55.1 Å². The van der Waals surface area contributed by atoms with Gasteiger partial charge in [0.05, 0.1) is 11.5 Å². The molecule has 1 heterocycles. The largest absolute Gasteiger partial charge is 0.494 e. The first-order chi connectivity index (χ1) is 19.0. The molecule has 0 unspecified atom stereocenters. The summed E-state index contributed by atoms with van der Waals surface area (Å²) in [4.78, 5) is 27.0. The van der Waals surface area contributed by atoms with Crippen molar-refractivity contribution in [3.8, 4) is 5.75 Å². The lowest BCUT2D eigenvalue weighted by Gasteiger charge is -2.36. The summed E-state index contributed by atoms with van der Waals surface area (Å²) >= 11 is 6.22. The van der Waals surface area contributed by atoms with E-state index < -0.39 is 31.4 Å². The van der Waals surface area contributed by atoms with Gasteiger partial charge in [-0.25, -0.2) is 13.1 Å². The summed E-state index contributed by atoms with van der Waals surface area (Å²) in [6.45, 7) is 8.88. The molecule has 0 radical (unpaired) electrons. The fourth-order valence-corrected chi connectivity index (χ4v) is 5.85. The van der Waals surface area contributed by atoms with Crippen LogP contribution in [0.15, 0.2) is 65.6 Å². The molecule has 1 aliphatic rings. The minimum Gasteiger partial charge on any atom is -0.494 e. The molecule has 0 aliphatic carbocycles. The normalized spacial score (nSPS) is 14.1. The highest BCUT2D eigenvalue weighted by Crippen LogP contribution is 2.26. The molecule has 1 aliphatic heterocycles. The number of amides is 1. The van der Waals surface area contributed by atoms with Gasteiger partial charge in [0.25, 0.3) is 21.6 Å². The average molecular weight is 587 g/mol. The second-order valence-electron chi connectivity index (χ2n) is 9.61. The minimum absolute atomic E-state index is 0.135.